The largest absolute Gasteiger partial charge is 0.379 e. The second kappa shape index (κ2) is 8.01. The van der Waals surface area contributed by atoms with Gasteiger partial charge in [0, 0.05) is 6.61 Å². The summed E-state index contributed by atoms with van der Waals surface area (Å²) >= 11 is 0. The molecule has 0 aliphatic carbocycles. The van der Waals surface area contributed by atoms with E-state index in [0.717, 1.165) is 13.0 Å². The van der Waals surface area contributed by atoms with Crippen molar-refractivity contribution in [2.75, 3.05) is 19.8 Å². The zero-order chi connectivity index (χ0) is 10.1. The van der Waals surface area contributed by atoms with E-state index in [0.29, 0.717) is 19.6 Å². The number of amides is 1. The van der Waals surface area contributed by atoms with Gasteiger partial charge in [0.05, 0.1) is 13.2 Å². The molecule has 0 spiro atoms. The summed E-state index contributed by atoms with van der Waals surface area (Å²) in [7, 11) is 0. The minimum Gasteiger partial charge on any atom is -0.379 e. The topological polar surface area (TPSA) is 61.6 Å². The van der Waals surface area contributed by atoms with E-state index in [9.17, 15) is 4.79 Å². The van der Waals surface area contributed by atoms with Gasteiger partial charge in [0.25, 0.3) is 0 Å². The van der Waals surface area contributed by atoms with E-state index in [1.165, 1.54) is 0 Å². The standard InChI is InChI=1S/C9H19NO3/c1-3-5-12-6-7-13-8(4-2)9(10)11/h8H,3-7H2,1-2H3,(H2,10,11). The Morgan fingerprint density at radius 3 is 2.46 bits per heavy atom. The summed E-state index contributed by atoms with van der Waals surface area (Å²) in [4.78, 5) is 10.7. The van der Waals surface area contributed by atoms with E-state index in [4.69, 9.17) is 15.2 Å². The van der Waals surface area contributed by atoms with Crippen LogP contribution in [0.4, 0.5) is 0 Å². The van der Waals surface area contributed by atoms with Gasteiger partial charge in [0.2, 0.25) is 5.91 Å². The molecule has 4 heteroatoms. The Morgan fingerprint density at radius 2 is 2.00 bits per heavy atom. The summed E-state index contributed by atoms with van der Waals surface area (Å²) in [5, 5.41) is 0. The monoisotopic (exact) mass is 189 g/mol. The maximum atomic E-state index is 10.7. The van der Waals surface area contributed by atoms with E-state index in [-0.39, 0.29) is 0 Å². The highest BCUT2D eigenvalue weighted by molar-refractivity contribution is 5.78. The SMILES string of the molecule is CCCOCCOC(CC)C(N)=O. The fraction of sp³-hybridized carbons (Fsp3) is 0.889. The minimum atomic E-state index is -0.467. The molecular formula is C9H19NO3. The maximum Gasteiger partial charge on any atom is 0.246 e. The highest BCUT2D eigenvalue weighted by Gasteiger charge is 2.11. The molecule has 1 atom stereocenters. The molecule has 13 heavy (non-hydrogen) atoms. The number of nitrogens with two attached hydrogens (primary N) is 1. The van der Waals surface area contributed by atoms with Crippen LogP contribution < -0.4 is 5.73 Å². The third kappa shape index (κ3) is 6.54. The van der Waals surface area contributed by atoms with Crippen molar-refractivity contribution in [2.24, 2.45) is 5.73 Å². The van der Waals surface area contributed by atoms with Gasteiger partial charge in [-0.3, -0.25) is 4.79 Å². The number of carbonyl (C=O) groups excluding carboxylic acids is 1. The van der Waals surface area contributed by atoms with Crippen LogP contribution in [0.2, 0.25) is 0 Å². The van der Waals surface area contributed by atoms with Crippen molar-refractivity contribution in [3.05, 3.63) is 0 Å². The van der Waals surface area contributed by atoms with E-state index in [1.807, 2.05) is 13.8 Å². The number of ether oxygens (including phenoxy) is 2. The highest BCUT2D eigenvalue weighted by Crippen LogP contribution is 1.96. The fourth-order valence-electron chi connectivity index (χ4n) is 0.897. The second-order valence-corrected chi connectivity index (χ2v) is 2.78. The molecule has 0 aromatic rings. The molecule has 1 unspecified atom stereocenters. The molecule has 0 rings (SSSR count). The molecule has 1 amide bonds. The summed E-state index contributed by atoms with van der Waals surface area (Å²) in [6.45, 7) is 5.59. The first-order valence-corrected chi connectivity index (χ1v) is 4.71. The van der Waals surface area contributed by atoms with Gasteiger partial charge in [-0.15, -0.1) is 0 Å². The van der Waals surface area contributed by atoms with Crippen molar-refractivity contribution in [1.82, 2.24) is 0 Å². The normalized spacial score (nSPS) is 12.8. The lowest BCUT2D eigenvalue weighted by Crippen LogP contribution is -2.31. The van der Waals surface area contributed by atoms with Crippen LogP contribution in [0.3, 0.4) is 0 Å². The molecule has 0 fully saturated rings. The van der Waals surface area contributed by atoms with Crippen LogP contribution in [-0.4, -0.2) is 31.8 Å². The number of carbonyl (C=O) groups is 1. The minimum absolute atomic E-state index is 0.405. The van der Waals surface area contributed by atoms with Crippen molar-refractivity contribution in [1.29, 1.82) is 0 Å². The zero-order valence-corrected chi connectivity index (χ0v) is 8.41. The summed E-state index contributed by atoms with van der Waals surface area (Å²) in [5.74, 6) is -0.405. The molecule has 4 nitrogen and oxygen atoms in total. The van der Waals surface area contributed by atoms with Crippen LogP contribution in [0.25, 0.3) is 0 Å². The second-order valence-electron chi connectivity index (χ2n) is 2.78. The van der Waals surface area contributed by atoms with Crippen molar-refractivity contribution in [3.63, 3.8) is 0 Å². The highest BCUT2D eigenvalue weighted by atomic mass is 16.5. The zero-order valence-electron chi connectivity index (χ0n) is 8.41. The molecule has 78 valence electrons. The van der Waals surface area contributed by atoms with Crippen LogP contribution in [0, 0.1) is 0 Å². The Bertz CT molecular complexity index is 139. The van der Waals surface area contributed by atoms with Crippen molar-refractivity contribution < 1.29 is 14.3 Å². The lowest BCUT2D eigenvalue weighted by molar-refractivity contribution is -0.130. The number of rotatable bonds is 8. The van der Waals surface area contributed by atoms with Crippen molar-refractivity contribution >= 4 is 5.91 Å². The van der Waals surface area contributed by atoms with E-state index >= 15 is 0 Å². The summed E-state index contributed by atoms with van der Waals surface area (Å²) in [6, 6.07) is 0. The first kappa shape index (κ1) is 12.4. The maximum absolute atomic E-state index is 10.7. The van der Waals surface area contributed by atoms with Crippen LogP contribution in [0.15, 0.2) is 0 Å². The van der Waals surface area contributed by atoms with Crippen LogP contribution in [-0.2, 0) is 14.3 Å². The van der Waals surface area contributed by atoms with Crippen molar-refractivity contribution in [3.8, 4) is 0 Å². The number of hydrogen-bond donors (Lipinski definition) is 1. The predicted octanol–water partition coefficient (Wildman–Crippen LogP) is 0.694. The van der Waals surface area contributed by atoms with Gasteiger partial charge in [-0.1, -0.05) is 13.8 Å². The molecule has 0 aliphatic heterocycles. The lowest BCUT2D eigenvalue weighted by atomic mass is 10.3. The molecule has 2 N–H and O–H groups in total. The van der Waals surface area contributed by atoms with Gasteiger partial charge < -0.3 is 15.2 Å². The third-order valence-electron chi connectivity index (χ3n) is 1.58. The molecular weight excluding hydrogens is 170 g/mol. The van der Waals surface area contributed by atoms with E-state index in [2.05, 4.69) is 0 Å². The molecule has 0 aliphatic rings. The molecule has 0 heterocycles. The van der Waals surface area contributed by atoms with Gasteiger partial charge in [0.15, 0.2) is 0 Å². The van der Waals surface area contributed by atoms with Gasteiger partial charge >= 0.3 is 0 Å². The smallest absolute Gasteiger partial charge is 0.246 e. The average molecular weight is 189 g/mol. The van der Waals surface area contributed by atoms with Gasteiger partial charge in [0.1, 0.15) is 6.10 Å². The molecule has 0 aromatic heterocycles. The summed E-state index contributed by atoms with van der Waals surface area (Å²) in [6.07, 6.45) is 1.14. The summed E-state index contributed by atoms with van der Waals surface area (Å²) < 4.78 is 10.4. The van der Waals surface area contributed by atoms with Gasteiger partial charge in [-0.2, -0.15) is 0 Å². The Hall–Kier alpha value is -0.610. The molecule has 0 saturated heterocycles. The van der Waals surface area contributed by atoms with Crippen LogP contribution in [0.1, 0.15) is 26.7 Å². The molecule has 0 saturated carbocycles. The summed E-state index contributed by atoms with van der Waals surface area (Å²) in [5.41, 5.74) is 5.08. The molecule has 0 radical (unpaired) electrons. The van der Waals surface area contributed by atoms with Gasteiger partial charge in [-0.05, 0) is 12.8 Å². The lowest BCUT2D eigenvalue weighted by Gasteiger charge is -2.11. The molecule has 0 aromatic carbocycles. The van der Waals surface area contributed by atoms with Crippen molar-refractivity contribution in [2.45, 2.75) is 32.8 Å². The van der Waals surface area contributed by atoms with Gasteiger partial charge in [-0.25, -0.2) is 0 Å². The van der Waals surface area contributed by atoms with Crippen LogP contribution >= 0.6 is 0 Å². The van der Waals surface area contributed by atoms with Crippen LogP contribution in [0.5, 0.6) is 0 Å². The Morgan fingerprint density at radius 1 is 1.31 bits per heavy atom. The molecule has 0 bridgehead atoms. The number of primary amides is 1. The fourth-order valence-corrected chi connectivity index (χ4v) is 0.897. The quantitative estimate of drug-likeness (QED) is 0.571. The Labute approximate surface area is 79.4 Å². The predicted molar refractivity (Wildman–Crippen MR) is 50.3 cm³/mol. The van der Waals surface area contributed by atoms with E-state index < -0.39 is 12.0 Å². The first-order chi connectivity index (χ1) is 6.22. The third-order valence-corrected chi connectivity index (χ3v) is 1.58. The Kier molecular flexibility index (Phi) is 7.63. The average Bonchev–Trinajstić information content (AvgIpc) is 2.10. The first-order valence-electron chi connectivity index (χ1n) is 4.71. The number of hydrogen-bond acceptors (Lipinski definition) is 3. The van der Waals surface area contributed by atoms with E-state index in [1.54, 1.807) is 0 Å². The Balaban J connectivity index is 3.33.